The van der Waals surface area contributed by atoms with Crippen LogP contribution in [0.5, 0.6) is 0 Å². The molecule has 0 bridgehead atoms. The highest BCUT2D eigenvalue weighted by molar-refractivity contribution is 5.81. The number of likely N-dealkylation sites (N-methyl/N-ethyl adjacent to an activating group) is 1. The maximum absolute atomic E-state index is 11.5. The lowest BCUT2D eigenvalue weighted by Crippen LogP contribution is -2.48. The highest BCUT2D eigenvalue weighted by Crippen LogP contribution is 1.95. The quantitative estimate of drug-likeness (QED) is 0.591. The van der Waals surface area contributed by atoms with E-state index < -0.39 is 0 Å². The minimum Gasteiger partial charge on any atom is -0.366 e. The van der Waals surface area contributed by atoms with E-state index in [-0.39, 0.29) is 12.0 Å². The van der Waals surface area contributed by atoms with Crippen molar-refractivity contribution in [3.8, 4) is 0 Å². The Morgan fingerprint density at radius 1 is 1.64 bits per heavy atom. The predicted octanol–water partition coefficient (Wildman–Crippen LogP) is -1.35. The molecule has 14 heavy (non-hydrogen) atoms. The Morgan fingerprint density at radius 3 is 3.00 bits per heavy atom. The molecule has 5 nitrogen and oxygen atoms in total. The first-order valence-corrected chi connectivity index (χ1v) is 4.95. The summed E-state index contributed by atoms with van der Waals surface area (Å²) < 4.78 is 5.31. The topological polar surface area (TPSA) is 53.6 Å². The number of hydrogen-bond donors (Lipinski definition) is 2. The van der Waals surface area contributed by atoms with Gasteiger partial charge in [-0.15, -0.1) is 0 Å². The lowest BCUT2D eigenvalue weighted by atomic mass is 10.3. The van der Waals surface area contributed by atoms with Crippen LogP contribution in [0.2, 0.25) is 0 Å². The number of amides is 1. The second-order valence-corrected chi connectivity index (χ2v) is 3.66. The van der Waals surface area contributed by atoms with Crippen molar-refractivity contribution in [2.24, 2.45) is 0 Å². The molecule has 82 valence electrons. The SMILES string of the molecule is CN(C)CCNC(=O)C1CNCCO1. The summed E-state index contributed by atoms with van der Waals surface area (Å²) in [6.07, 6.45) is -0.314. The molecule has 0 spiro atoms. The Kier molecular flexibility index (Phi) is 4.86. The first-order valence-electron chi connectivity index (χ1n) is 4.95. The summed E-state index contributed by atoms with van der Waals surface area (Å²) >= 11 is 0. The first kappa shape index (κ1) is 11.4. The zero-order valence-electron chi connectivity index (χ0n) is 8.88. The number of nitrogens with one attached hydrogen (secondary N) is 2. The standard InChI is InChI=1S/C9H19N3O2/c1-12(2)5-3-11-9(13)8-7-10-4-6-14-8/h8,10H,3-7H2,1-2H3,(H,11,13). The lowest BCUT2D eigenvalue weighted by Gasteiger charge is -2.23. The second-order valence-electron chi connectivity index (χ2n) is 3.66. The van der Waals surface area contributed by atoms with Gasteiger partial charge >= 0.3 is 0 Å². The van der Waals surface area contributed by atoms with E-state index in [1.165, 1.54) is 0 Å². The van der Waals surface area contributed by atoms with Crippen molar-refractivity contribution < 1.29 is 9.53 Å². The van der Waals surface area contributed by atoms with Gasteiger partial charge in [-0.3, -0.25) is 4.79 Å². The molecule has 1 saturated heterocycles. The summed E-state index contributed by atoms with van der Waals surface area (Å²) in [5, 5.41) is 5.96. The Bertz CT molecular complexity index is 179. The maximum atomic E-state index is 11.5. The van der Waals surface area contributed by atoms with Crippen molar-refractivity contribution in [3.05, 3.63) is 0 Å². The van der Waals surface area contributed by atoms with Crippen molar-refractivity contribution in [1.29, 1.82) is 0 Å². The van der Waals surface area contributed by atoms with Gasteiger partial charge in [-0.1, -0.05) is 0 Å². The number of nitrogens with zero attached hydrogens (tertiary/aromatic N) is 1. The molecule has 0 aromatic rings. The van der Waals surface area contributed by atoms with Gasteiger partial charge in [0.25, 0.3) is 5.91 Å². The van der Waals surface area contributed by atoms with Crippen LogP contribution in [0.15, 0.2) is 0 Å². The summed E-state index contributed by atoms with van der Waals surface area (Å²) in [6.45, 7) is 3.60. The molecule has 1 heterocycles. The molecule has 0 saturated carbocycles. The molecule has 5 heteroatoms. The van der Waals surface area contributed by atoms with Crippen LogP contribution in [-0.2, 0) is 9.53 Å². The van der Waals surface area contributed by atoms with Crippen LogP contribution in [0.3, 0.4) is 0 Å². The van der Waals surface area contributed by atoms with Gasteiger partial charge in [-0.05, 0) is 14.1 Å². The highest BCUT2D eigenvalue weighted by Gasteiger charge is 2.20. The van der Waals surface area contributed by atoms with Crippen LogP contribution in [-0.4, -0.2) is 63.8 Å². The van der Waals surface area contributed by atoms with Gasteiger partial charge in [0.05, 0.1) is 6.61 Å². The van der Waals surface area contributed by atoms with E-state index in [0.29, 0.717) is 19.7 Å². The van der Waals surface area contributed by atoms with Crippen LogP contribution in [0, 0.1) is 0 Å². The molecule has 1 fully saturated rings. The summed E-state index contributed by atoms with van der Waals surface area (Å²) in [5.41, 5.74) is 0. The molecule has 1 amide bonds. The average Bonchev–Trinajstić information content (AvgIpc) is 2.18. The fourth-order valence-corrected chi connectivity index (χ4v) is 1.25. The molecular weight excluding hydrogens is 182 g/mol. The molecule has 0 aromatic heterocycles. The molecule has 0 radical (unpaired) electrons. The summed E-state index contributed by atoms with van der Waals surface area (Å²) in [6, 6.07) is 0. The number of morpholine rings is 1. The van der Waals surface area contributed by atoms with Gasteiger partial charge in [-0.25, -0.2) is 0 Å². The van der Waals surface area contributed by atoms with E-state index in [4.69, 9.17) is 4.74 Å². The average molecular weight is 201 g/mol. The molecule has 0 aliphatic carbocycles. The van der Waals surface area contributed by atoms with Crippen molar-refractivity contribution in [3.63, 3.8) is 0 Å². The largest absolute Gasteiger partial charge is 0.366 e. The van der Waals surface area contributed by atoms with E-state index in [1.807, 2.05) is 19.0 Å². The predicted molar refractivity (Wildman–Crippen MR) is 54.2 cm³/mol. The van der Waals surface area contributed by atoms with Crippen LogP contribution >= 0.6 is 0 Å². The minimum atomic E-state index is -0.314. The maximum Gasteiger partial charge on any atom is 0.250 e. The normalized spacial score (nSPS) is 22.4. The number of hydrogen-bond acceptors (Lipinski definition) is 4. The number of carbonyl (C=O) groups is 1. The van der Waals surface area contributed by atoms with Gasteiger partial charge in [0.15, 0.2) is 0 Å². The molecule has 2 N–H and O–H groups in total. The zero-order chi connectivity index (χ0) is 10.4. The summed E-state index contributed by atoms with van der Waals surface area (Å²) in [7, 11) is 3.95. The molecule has 0 aromatic carbocycles. The van der Waals surface area contributed by atoms with Crippen molar-refractivity contribution in [2.75, 3.05) is 46.9 Å². The molecular formula is C9H19N3O2. The molecule has 1 rings (SSSR count). The van der Waals surface area contributed by atoms with Gasteiger partial charge in [0.1, 0.15) is 6.10 Å². The third-order valence-corrected chi connectivity index (χ3v) is 2.08. The van der Waals surface area contributed by atoms with Gasteiger partial charge < -0.3 is 20.3 Å². The fraction of sp³-hybridized carbons (Fsp3) is 0.889. The highest BCUT2D eigenvalue weighted by atomic mass is 16.5. The van der Waals surface area contributed by atoms with Gasteiger partial charge in [0.2, 0.25) is 0 Å². The first-order chi connectivity index (χ1) is 6.70. The molecule has 1 atom stereocenters. The Labute approximate surface area is 84.8 Å². The van der Waals surface area contributed by atoms with Gasteiger partial charge in [0, 0.05) is 26.2 Å². The van der Waals surface area contributed by atoms with Gasteiger partial charge in [-0.2, -0.15) is 0 Å². The van der Waals surface area contributed by atoms with Crippen molar-refractivity contribution in [1.82, 2.24) is 15.5 Å². The fourth-order valence-electron chi connectivity index (χ4n) is 1.25. The molecule has 1 unspecified atom stereocenters. The summed E-state index contributed by atoms with van der Waals surface area (Å²) in [5.74, 6) is -0.0148. The van der Waals surface area contributed by atoms with E-state index in [2.05, 4.69) is 10.6 Å². The monoisotopic (exact) mass is 201 g/mol. The Hall–Kier alpha value is -0.650. The zero-order valence-corrected chi connectivity index (χ0v) is 8.88. The lowest BCUT2D eigenvalue weighted by molar-refractivity contribution is -0.134. The summed E-state index contributed by atoms with van der Waals surface area (Å²) in [4.78, 5) is 13.5. The third kappa shape index (κ3) is 4.04. The van der Waals surface area contributed by atoms with Crippen molar-refractivity contribution >= 4 is 5.91 Å². The number of carbonyl (C=O) groups excluding carboxylic acids is 1. The van der Waals surface area contributed by atoms with E-state index in [0.717, 1.165) is 13.1 Å². The minimum absolute atomic E-state index is 0.0148. The Morgan fingerprint density at radius 2 is 2.43 bits per heavy atom. The number of ether oxygens (including phenoxy) is 1. The third-order valence-electron chi connectivity index (χ3n) is 2.08. The molecule has 1 aliphatic heterocycles. The van der Waals surface area contributed by atoms with Crippen LogP contribution in [0.4, 0.5) is 0 Å². The second kappa shape index (κ2) is 5.95. The molecule has 1 aliphatic rings. The van der Waals surface area contributed by atoms with Crippen LogP contribution in [0.25, 0.3) is 0 Å². The van der Waals surface area contributed by atoms with Crippen LogP contribution in [0.1, 0.15) is 0 Å². The van der Waals surface area contributed by atoms with Crippen molar-refractivity contribution in [2.45, 2.75) is 6.10 Å². The van der Waals surface area contributed by atoms with E-state index >= 15 is 0 Å². The smallest absolute Gasteiger partial charge is 0.250 e. The number of rotatable bonds is 4. The Balaban J connectivity index is 2.13. The van der Waals surface area contributed by atoms with Crippen LogP contribution < -0.4 is 10.6 Å². The van der Waals surface area contributed by atoms with E-state index in [1.54, 1.807) is 0 Å². The van der Waals surface area contributed by atoms with E-state index in [9.17, 15) is 4.79 Å².